The van der Waals surface area contributed by atoms with E-state index in [1.807, 2.05) is 91.0 Å². The molecule has 0 spiro atoms. The smallest absolute Gasteiger partial charge is 0.266 e. The fourth-order valence-electron chi connectivity index (χ4n) is 3.17. The summed E-state index contributed by atoms with van der Waals surface area (Å²) in [6, 6.07) is 27.3. The Balaban J connectivity index is 1.27. The minimum absolute atomic E-state index is 0.0532. The number of thiocarbonyl (C=S) groups is 1. The molecule has 0 aromatic heterocycles. The van der Waals surface area contributed by atoms with Crippen LogP contribution in [0.15, 0.2) is 89.8 Å². The molecule has 4 rings (SSSR count). The molecule has 1 aliphatic heterocycles. The molecule has 0 N–H and O–H groups in total. The van der Waals surface area contributed by atoms with Crippen LogP contribution >= 0.6 is 24.0 Å². The number of thioether (sulfide) groups is 1. The van der Waals surface area contributed by atoms with Crippen LogP contribution in [-0.2, 0) is 11.3 Å². The van der Waals surface area contributed by atoms with Gasteiger partial charge in [0.25, 0.3) is 5.91 Å². The third-order valence-electron chi connectivity index (χ3n) is 4.80. The lowest BCUT2D eigenvalue weighted by Gasteiger charge is -2.14. The van der Waals surface area contributed by atoms with Crippen LogP contribution in [-0.4, -0.2) is 28.3 Å². The van der Waals surface area contributed by atoms with E-state index in [0.29, 0.717) is 29.0 Å². The molecule has 162 valence electrons. The zero-order chi connectivity index (χ0) is 22.2. The highest BCUT2D eigenvalue weighted by Gasteiger charge is 2.31. The van der Waals surface area contributed by atoms with E-state index in [2.05, 4.69) is 0 Å². The molecule has 0 aliphatic carbocycles. The van der Waals surface area contributed by atoms with Gasteiger partial charge in [0.1, 0.15) is 15.8 Å². The molecule has 1 amide bonds. The Hall–Kier alpha value is -3.09. The van der Waals surface area contributed by atoms with Gasteiger partial charge < -0.3 is 9.47 Å². The topological polar surface area (TPSA) is 38.8 Å². The molecule has 32 heavy (non-hydrogen) atoms. The molecule has 1 fully saturated rings. The Bertz CT molecular complexity index is 1080. The summed E-state index contributed by atoms with van der Waals surface area (Å²) < 4.78 is 12.0. The highest BCUT2D eigenvalue weighted by atomic mass is 32.2. The maximum absolute atomic E-state index is 12.8. The minimum atomic E-state index is -0.0532. The fourth-order valence-corrected chi connectivity index (χ4v) is 4.42. The number of nitrogens with zero attached hydrogens (tertiary/aromatic N) is 1. The summed E-state index contributed by atoms with van der Waals surface area (Å²) in [6.45, 7) is 1.67. The van der Waals surface area contributed by atoms with Gasteiger partial charge in [0.2, 0.25) is 0 Å². The van der Waals surface area contributed by atoms with Crippen molar-refractivity contribution in [1.29, 1.82) is 0 Å². The Labute approximate surface area is 197 Å². The summed E-state index contributed by atoms with van der Waals surface area (Å²) in [7, 11) is 0. The average Bonchev–Trinajstić information content (AvgIpc) is 3.08. The SMILES string of the molecule is O=C1/C(=C\c2ccc(OCCCOc3ccccc3)cc2)SC(=S)N1Cc1ccccc1. The molecule has 0 atom stereocenters. The van der Waals surface area contributed by atoms with E-state index in [1.165, 1.54) is 11.8 Å². The summed E-state index contributed by atoms with van der Waals surface area (Å²) in [6.07, 6.45) is 2.67. The third-order valence-corrected chi connectivity index (χ3v) is 6.18. The van der Waals surface area contributed by atoms with Crippen LogP contribution in [0.25, 0.3) is 6.08 Å². The zero-order valence-corrected chi connectivity index (χ0v) is 19.1. The lowest BCUT2D eigenvalue weighted by Crippen LogP contribution is -2.27. The van der Waals surface area contributed by atoms with Crippen molar-refractivity contribution < 1.29 is 14.3 Å². The molecule has 0 bridgehead atoms. The zero-order valence-electron chi connectivity index (χ0n) is 17.5. The van der Waals surface area contributed by atoms with Crippen molar-refractivity contribution in [3.05, 3.63) is 101 Å². The second-order valence-corrected chi connectivity index (χ2v) is 8.86. The van der Waals surface area contributed by atoms with Crippen LogP contribution in [0.1, 0.15) is 17.5 Å². The normalized spacial score (nSPS) is 14.8. The van der Waals surface area contributed by atoms with Gasteiger partial charge in [-0.1, -0.05) is 84.6 Å². The van der Waals surface area contributed by atoms with Gasteiger partial charge in [0.05, 0.1) is 24.7 Å². The van der Waals surface area contributed by atoms with Crippen LogP contribution in [0, 0.1) is 0 Å². The summed E-state index contributed by atoms with van der Waals surface area (Å²) in [5.74, 6) is 1.60. The van der Waals surface area contributed by atoms with Crippen LogP contribution in [0.5, 0.6) is 11.5 Å². The lowest BCUT2D eigenvalue weighted by atomic mass is 10.2. The van der Waals surface area contributed by atoms with Crippen LogP contribution in [0.4, 0.5) is 0 Å². The van der Waals surface area contributed by atoms with Crippen LogP contribution in [0.2, 0.25) is 0 Å². The molecule has 3 aromatic carbocycles. The molecule has 3 aromatic rings. The first-order valence-corrected chi connectivity index (χ1v) is 11.6. The second kappa shape index (κ2) is 11.0. The average molecular weight is 462 g/mol. The number of carbonyl (C=O) groups excluding carboxylic acids is 1. The molecular weight excluding hydrogens is 438 g/mol. The van der Waals surface area contributed by atoms with Gasteiger partial charge in [-0.2, -0.15) is 0 Å². The third kappa shape index (κ3) is 5.99. The van der Waals surface area contributed by atoms with Crippen molar-refractivity contribution >= 4 is 40.3 Å². The molecule has 1 saturated heterocycles. The number of carbonyl (C=O) groups is 1. The molecule has 6 heteroatoms. The Morgan fingerprint density at radius 3 is 2.06 bits per heavy atom. The van der Waals surface area contributed by atoms with Crippen molar-refractivity contribution in [3.63, 3.8) is 0 Å². The predicted octanol–water partition coefficient (Wildman–Crippen LogP) is 5.94. The van der Waals surface area contributed by atoms with E-state index in [9.17, 15) is 4.79 Å². The van der Waals surface area contributed by atoms with Gasteiger partial charge in [-0.05, 0) is 41.5 Å². The lowest BCUT2D eigenvalue weighted by molar-refractivity contribution is -0.122. The highest BCUT2D eigenvalue weighted by Crippen LogP contribution is 2.33. The second-order valence-electron chi connectivity index (χ2n) is 7.19. The minimum Gasteiger partial charge on any atom is -0.493 e. The van der Waals surface area contributed by atoms with Crippen molar-refractivity contribution in [1.82, 2.24) is 4.90 Å². The Kier molecular flexibility index (Phi) is 7.59. The van der Waals surface area contributed by atoms with Crippen molar-refractivity contribution in [2.45, 2.75) is 13.0 Å². The standard InChI is InChI=1S/C26H23NO3S2/c28-25-24(32-26(31)27(25)19-21-8-3-1-4-9-21)18-20-12-14-23(15-13-20)30-17-7-16-29-22-10-5-2-6-11-22/h1-6,8-15,18H,7,16-17,19H2/b24-18+. The van der Waals surface area contributed by atoms with E-state index in [4.69, 9.17) is 21.7 Å². The monoisotopic (exact) mass is 461 g/mol. The summed E-state index contributed by atoms with van der Waals surface area (Å²) in [4.78, 5) is 15.1. The van der Waals surface area contributed by atoms with E-state index >= 15 is 0 Å². The first kappa shape index (κ1) is 22.1. The van der Waals surface area contributed by atoms with Gasteiger partial charge in [-0.3, -0.25) is 9.69 Å². The largest absolute Gasteiger partial charge is 0.493 e. The summed E-state index contributed by atoms with van der Waals surface area (Å²) in [5, 5.41) is 0. The molecule has 1 aliphatic rings. The van der Waals surface area contributed by atoms with Crippen molar-refractivity contribution in [2.24, 2.45) is 0 Å². The molecule has 0 unspecified atom stereocenters. The quantitative estimate of drug-likeness (QED) is 0.224. The maximum atomic E-state index is 12.8. The van der Waals surface area contributed by atoms with Gasteiger partial charge in [0.15, 0.2) is 0 Å². The number of hydrogen-bond acceptors (Lipinski definition) is 5. The number of benzene rings is 3. The molecular formula is C26H23NO3S2. The van der Waals surface area contributed by atoms with Crippen molar-refractivity contribution in [3.8, 4) is 11.5 Å². The summed E-state index contributed by atoms with van der Waals surface area (Å²) >= 11 is 6.77. The fraction of sp³-hybridized carbons (Fsp3) is 0.154. The molecule has 1 heterocycles. The Morgan fingerprint density at radius 2 is 1.41 bits per heavy atom. The van der Waals surface area contributed by atoms with E-state index in [1.54, 1.807) is 4.90 Å². The van der Waals surface area contributed by atoms with Crippen LogP contribution in [0.3, 0.4) is 0 Å². The number of amides is 1. The summed E-state index contributed by atoms with van der Waals surface area (Å²) in [5.41, 5.74) is 1.99. The molecule has 0 radical (unpaired) electrons. The van der Waals surface area contributed by atoms with Crippen LogP contribution < -0.4 is 9.47 Å². The molecule has 4 nitrogen and oxygen atoms in total. The number of ether oxygens (including phenoxy) is 2. The van der Waals surface area contributed by atoms with Gasteiger partial charge in [-0.25, -0.2) is 0 Å². The van der Waals surface area contributed by atoms with Gasteiger partial charge in [0, 0.05) is 6.42 Å². The first-order valence-electron chi connectivity index (χ1n) is 10.4. The van der Waals surface area contributed by atoms with Gasteiger partial charge in [-0.15, -0.1) is 0 Å². The van der Waals surface area contributed by atoms with E-state index in [0.717, 1.165) is 29.0 Å². The van der Waals surface area contributed by atoms with E-state index in [-0.39, 0.29) is 5.91 Å². The van der Waals surface area contributed by atoms with Gasteiger partial charge >= 0.3 is 0 Å². The number of hydrogen-bond donors (Lipinski definition) is 0. The Morgan fingerprint density at radius 1 is 0.812 bits per heavy atom. The predicted molar refractivity (Wildman–Crippen MR) is 134 cm³/mol. The van der Waals surface area contributed by atoms with Crippen molar-refractivity contribution in [2.75, 3.05) is 13.2 Å². The molecule has 0 saturated carbocycles. The van der Waals surface area contributed by atoms with E-state index < -0.39 is 0 Å². The number of rotatable bonds is 9. The maximum Gasteiger partial charge on any atom is 0.266 e. The highest BCUT2D eigenvalue weighted by molar-refractivity contribution is 8.26. The first-order chi connectivity index (χ1) is 15.7. The number of para-hydroxylation sites is 1.